The largest absolute Gasteiger partial charge is 0.613 e. The fraction of sp³-hybridized carbons (Fsp3) is 0.619. The van der Waals surface area contributed by atoms with Gasteiger partial charge in [-0.2, -0.15) is 10.4 Å². The van der Waals surface area contributed by atoms with Gasteiger partial charge >= 0.3 is 14.1 Å². The van der Waals surface area contributed by atoms with Crippen molar-refractivity contribution >= 4 is 25.5 Å². The third kappa shape index (κ3) is 5.51. The molecule has 0 spiro atoms. The third-order valence-electron chi connectivity index (χ3n) is 5.98. The monoisotopic (exact) mass is 493 g/mol. The highest BCUT2D eigenvalue weighted by atomic mass is 31.1. The number of fused-ring (bicyclic) bond motifs is 1. The summed E-state index contributed by atoms with van der Waals surface area (Å²) in [6.07, 6.45) is 1.02. The van der Waals surface area contributed by atoms with Crippen molar-refractivity contribution in [3.63, 3.8) is 0 Å². The molecule has 13 heteroatoms. The van der Waals surface area contributed by atoms with Gasteiger partial charge in [0.1, 0.15) is 36.7 Å². The highest BCUT2D eigenvalue weighted by Crippen LogP contribution is 2.40. The van der Waals surface area contributed by atoms with E-state index >= 15 is 0 Å². The second-order valence-electron chi connectivity index (χ2n) is 8.24. The standard InChI is InChI=1S/C21H30N6O6P/c1-4-14(5-2)9-31-20(29)13(3)26-34(30)32-10-17-16(28)8-21(11-22,33-17)18-7-6-15-19(23)24-12-25-27(15)18/h6-7,12-14,16-17,28H,4-5,8-10H2,1-3H3,(H,26,30)(H2,23,24,25)/q+1/t13-,16-,17+,21-/m0/s1. The predicted octanol–water partition coefficient (Wildman–Crippen LogP) is 1.81. The van der Waals surface area contributed by atoms with Gasteiger partial charge in [0.05, 0.1) is 18.4 Å². The fourth-order valence-corrected chi connectivity index (χ4v) is 4.53. The van der Waals surface area contributed by atoms with E-state index in [1.807, 2.05) is 13.8 Å². The molecule has 1 unspecified atom stereocenters. The third-order valence-corrected chi connectivity index (χ3v) is 6.96. The van der Waals surface area contributed by atoms with E-state index in [-0.39, 0.29) is 24.8 Å². The number of aliphatic hydroxyl groups excluding tert-OH is 1. The molecule has 34 heavy (non-hydrogen) atoms. The number of hydrogen-bond acceptors (Lipinski definition) is 10. The first-order valence-corrected chi connectivity index (χ1v) is 12.3. The minimum Gasteiger partial charge on any atom is -0.464 e. The molecule has 0 bridgehead atoms. The van der Waals surface area contributed by atoms with E-state index in [0.29, 0.717) is 17.8 Å². The maximum Gasteiger partial charge on any atom is 0.613 e. The molecular formula is C21H30N6O6P+. The maximum atomic E-state index is 12.3. The molecule has 3 rings (SSSR count). The Balaban J connectivity index is 1.57. The second kappa shape index (κ2) is 11.2. The molecule has 0 radical (unpaired) electrons. The van der Waals surface area contributed by atoms with E-state index in [9.17, 15) is 19.7 Å². The molecule has 0 saturated carbocycles. The molecule has 1 fully saturated rings. The van der Waals surface area contributed by atoms with E-state index in [1.165, 1.54) is 17.8 Å². The van der Waals surface area contributed by atoms with Gasteiger partial charge in [0, 0.05) is 6.42 Å². The minimum atomic E-state index is -2.45. The average Bonchev–Trinajstić information content (AvgIpc) is 3.40. The van der Waals surface area contributed by atoms with Crippen LogP contribution in [0.3, 0.4) is 0 Å². The summed E-state index contributed by atoms with van der Waals surface area (Å²) in [5.41, 5.74) is 5.24. The summed E-state index contributed by atoms with van der Waals surface area (Å²) in [6.45, 7) is 5.62. The molecule has 12 nitrogen and oxygen atoms in total. The van der Waals surface area contributed by atoms with Gasteiger partial charge in [-0.15, -0.1) is 4.52 Å². The van der Waals surface area contributed by atoms with Crippen molar-refractivity contribution in [2.24, 2.45) is 5.92 Å². The molecule has 184 valence electrons. The topological polar surface area (TPSA) is 174 Å². The van der Waals surface area contributed by atoms with Crippen molar-refractivity contribution in [1.29, 1.82) is 5.26 Å². The van der Waals surface area contributed by atoms with Gasteiger partial charge in [0.15, 0.2) is 11.4 Å². The normalized spacial score (nSPS) is 23.7. The van der Waals surface area contributed by atoms with Crippen LogP contribution in [-0.4, -0.2) is 57.1 Å². The molecule has 0 aromatic carbocycles. The number of esters is 1. The van der Waals surface area contributed by atoms with Crippen molar-refractivity contribution in [1.82, 2.24) is 19.7 Å². The Morgan fingerprint density at radius 3 is 2.91 bits per heavy atom. The van der Waals surface area contributed by atoms with Gasteiger partial charge in [0.25, 0.3) is 0 Å². The molecule has 1 aliphatic heterocycles. The fourth-order valence-electron chi connectivity index (χ4n) is 3.75. The summed E-state index contributed by atoms with van der Waals surface area (Å²) in [6, 6.07) is 4.56. The van der Waals surface area contributed by atoms with Crippen molar-refractivity contribution < 1.29 is 28.5 Å². The van der Waals surface area contributed by atoms with Crippen LogP contribution in [0.15, 0.2) is 18.5 Å². The molecule has 5 atom stereocenters. The van der Waals surface area contributed by atoms with E-state index < -0.39 is 38.0 Å². The number of rotatable bonds is 11. The van der Waals surface area contributed by atoms with Crippen LogP contribution in [0, 0.1) is 17.2 Å². The first kappa shape index (κ1) is 25.9. The summed E-state index contributed by atoms with van der Waals surface area (Å²) < 4.78 is 30.2. The summed E-state index contributed by atoms with van der Waals surface area (Å²) >= 11 is 0. The van der Waals surface area contributed by atoms with Crippen LogP contribution in [0.2, 0.25) is 0 Å². The van der Waals surface area contributed by atoms with Gasteiger partial charge in [-0.05, 0) is 29.5 Å². The number of nitrogens with two attached hydrogens (primary N) is 1. The zero-order valence-corrected chi connectivity index (χ0v) is 20.3. The van der Waals surface area contributed by atoms with Gasteiger partial charge in [-0.3, -0.25) is 4.79 Å². The lowest BCUT2D eigenvalue weighted by Gasteiger charge is -2.20. The number of nitriles is 1. The molecule has 2 aromatic heterocycles. The first-order chi connectivity index (χ1) is 16.2. The maximum absolute atomic E-state index is 12.3. The lowest BCUT2D eigenvalue weighted by atomic mass is 9.96. The molecule has 1 aliphatic rings. The SMILES string of the molecule is CCC(CC)COC(=O)[C@H](C)N[P+](=O)OC[C@H]1O[C@@](C#N)(c2ccc3c(N)ncnn23)C[C@@H]1O. The number of ether oxygens (including phenoxy) is 2. The van der Waals surface area contributed by atoms with Crippen molar-refractivity contribution in [2.45, 2.75) is 63.9 Å². The predicted molar refractivity (Wildman–Crippen MR) is 121 cm³/mol. The van der Waals surface area contributed by atoms with E-state index in [2.05, 4.69) is 21.2 Å². The van der Waals surface area contributed by atoms with Crippen molar-refractivity contribution in [3.05, 3.63) is 24.2 Å². The molecule has 3 heterocycles. The molecule has 4 N–H and O–H groups in total. The summed E-state index contributed by atoms with van der Waals surface area (Å²) in [4.78, 5) is 16.0. The lowest BCUT2D eigenvalue weighted by molar-refractivity contribution is -0.146. The van der Waals surface area contributed by atoms with Crippen LogP contribution in [0.5, 0.6) is 0 Å². The number of nitrogen functional groups attached to an aromatic ring is 1. The van der Waals surface area contributed by atoms with E-state index in [1.54, 1.807) is 12.1 Å². The number of carbonyl (C=O) groups excluding carboxylic acids is 1. The average molecular weight is 493 g/mol. The Hall–Kier alpha value is -2.68. The molecule has 0 aliphatic carbocycles. The summed E-state index contributed by atoms with van der Waals surface area (Å²) in [7, 11) is -2.45. The lowest BCUT2D eigenvalue weighted by Crippen LogP contribution is -2.33. The van der Waals surface area contributed by atoms with Crippen LogP contribution in [-0.2, 0) is 29.0 Å². The Morgan fingerprint density at radius 2 is 2.24 bits per heavy atom. The summed E-state index contributed by atoms with van der Waals surface area (Å²) in [5.74, 6) is -0.00699. The number of aliphatic hydroxyl groups is 1. The number of nitrogens with one attached hydrogen (secondary N) is 1. The van der Waals surface area contributed by atoms with Crippen molar-refractivity contribution in [2.75, 3.05) is 18.9 Å². The van der Waals surface area contributed by atoms with Gasteiger partial charge in [-0.1, -0.05) is 31.8 Å². The number of hydrogen-bond donors (Lipinski definition) is 3. The van der Waals surface area contributed by atoms with Gasteiger partial charge in [-0.25, -0.2) is 9.50 Å². The van der Waals surface area contributed by atoms with Crippen LogP contribution in [0.25, 0.3) is 5.52 Å². The molecule has 2 aromatic rings. The second-order valence-corrected chi connectivity index (χ2v) is 9.27. The van der Waals surface area contributed by atoms with Crippen LogP contribution < -0.4 is 10.8 Å². The molecular weight excluding hydrogens is 463 g/mol. The van der Waals surface area contributed by atoms with E-state index in [0.717, 1.165) is 12.8 Å². The number of aromatic nitrogens is 3. The number of nitrogens with zero attached hydrogens (tertiary/aromatic N) is 4. The summed E-state index contributed by atoms with van der Waals surface area (Å²) in [5, 5.41) is 27.1. The number of carbonyl (C=O) groups is 1. The first-order valence-electron chi connectivity index (χ1n) is 11.1. The Kier molecular flexibility index (Phi) is 8.52. The Bertz CT molecular complexity index is 1070. The van der Waals surface area contributed by atoms with Gasteiger partial charge < -0.3 is 20.3 Å². The van der Waals surface area contributed by atoms with Crippen LogP contribution in [0.4, 0.5) is 5.82 Å². The van der Waals surface area contributed by atoms with Crippen LogP contribution >= 0.6 is 8.18 Å². The Labute approximate surface area is 198 Å². The smallest absolute Gasteiger partial charge is 0.464 e. The van der Waals surface area contributed by atoms with Crippen molar-refractivity contribution in [3.8, 4) is 6.07 Å². The highest BCUT2D eigenvalue weighted by Gasteiger charge is 2.50. The minimum absolute atomic E-state index is 0.0451. The van der Waals surface area contributed by atoms with E-state index in [4.69, 9.17) is 19.7 Å². The Morgan fingerprint density at radius 1 is 1.50 bits per heavy atom. The molecule has 0 amide bonds. The zero-order chi connectivity index (χ0) is 24.9. The highest BCUT2D eigenvalue weighted by molar-refractivity contribution is 7.36. The quantitative estimate of drug-likeness (QED) is 0.307. The van der Waals surface area contributed by atoms with Gasteiger partial charge in [0.2, 0.25) is 0 Å². The number of anilines is 1. The van der Waals surface area contributed by atoms with Crippen LogP contribution in [0.1, 0.15) is 45.7 Å². The molecule has 1 saturated heterocycles. The zero-order valence-electron chi connectivity index (χ0n) is 19.4.